The molecule has 5 heteroatoms. The predicted octanol–water partition coefficient (Wildman–Crippen LogP) is 1.31. The van der Waals surface area contributed by atoms with Crippen molar-refractivity contribution in [2.24, 2.45) is 5.92 Å². The SMILES string of the molecule is OC(CNc1cc(Cl)ncn1)C1CC1. The van der Waals surface area contributed by atoms with Gasteiger partial charge in [0.15, 0.2) is 0 Å². The Morgan fingerprint density at radius 3 is 3.00 bits per heavy atom. The molecular weight excluding hydrogens is 202 g/mol. The Labute approximate surface area is 87.3 Å². The molecule has 0 amide bonds. The summed E-state index contributed by atoms with van der Waals surface area (Å²) < 4.78 is 0. The molecular formula is C9H12ClN3O. The summed E-state index contributed by atoms with van der Waals surface area (Å²) in [5, 5.41) is 13.0. The summed E-state index contributed by atoms with van der Waals surface area (Å²) in [5.41, 5.74) is 0. The van der Waals surface area contributed by atoms with Gasteiger partial charge in [-0.25, -0.2) is 9.97 Å². The molecule has 1 heterocycles. The first-order valence-electron chi connectivity index (χ1n) is 4.65. The summed E-state index contributed by atoms with van der Waals surface area (Å²) in [6.07, 6.45) is 3.39. The first-order chi connectivity index (χ1) is 6.75. The highest BCUT2D eigenvalue weighted by atomic mass is 35.5. The Balaban J connectivity index is 1.84. The van der Waals surface area contributed by atoms with Crippen molar-refractivity contribution < 1.29 is 5.11 Å². The van der Waals surface area contributed by atoms with Crippen molar-refractivity contribution in [1.82, 2.24) is 9.97 Å². The van der Waals surface area contributed by atoms with E-state index in [1.54, 1.807) is 6.07 Å². The van der Waals surface area contributed by atoms with Gasteiger partial charge in [-0.15, -0.1) is 0 Å². The van der Waals surface area contributed by atoms with Gasteiger partial charge in [0.1, 0.15) is 17.3 Å². The molecule has 1 atom stereocenters. The van der Waals surface area contributed by atoms with Crippen LogP contribution in [0.2, 0.25) is 5.15 Å². The lowest BCUT2D eigenvalue weighted by Crippen LogP contribution is -2.21. The molecule has 1 aromatic heterocycles. The van der Waals surface area contributed by atoms with E-state index in [1.165, 1.54) is 6.33 Å². The van der Waals surface area contributed by atoms with Crippen LogP contribution in [0, 0.1) is 5.92 Å². The molecule has 1 aliphatic carbocycles. The van der Waals surface area contributed by atoms with Crippen LogP contribution in [-0.2, 0) is 0 Å². The van der Waals surface area contributed by atoms with Crippen LogP contribution in [0.1, 0.15) is 12.8 Å². The summed E-state index contributed by atoms with van der Waals surface area (Å²) in [6, 6.07) is 1.64. The molecule has 1 fully saturated rings. The van der Waals surface area contributed by atoms with Crippen molar-refractivity contribution in [3.63, 3.8) is 0 Å². The van der Waals surface area contributed by atoms with Crippen molar-refractivity contribution in [2.45, 2.75) is 18.9 Å². The molecule has 1 aliphatic rings. The Morgan fingerprint density at radius 1 is 1.57 bits per heavy atom. The van der Waals surface area contributed by atoms with E-state index in [1.807, 2.05) is 0 Å². The molecule has 14 heavy (non-hydrogen) atoms. The van der Waals surface area contributed by atoms with Crippen molar-refractivity contribution in [3.05, 3.63) is 17.5 Å². The average Bonchev–Trinajstić information content (AvgIpc) is 2.97. The van der Waals surface area contributed by atoms with Crippen molar-refractivity contribution in [2.75, 3.05) is 11.9 Å². The van der Waals surface area contributed by atoms with Gasteiger partial charge in [0.25, 0.3) is 0 Å². The van der Waals surface area contributed by atoms with Crippen molar-refractivity contribution in [1.29, 1.82) is 0 Å². The van der Waals surface area contributed by atoms with Crippen molar-refractivity contribution >= 4 is 17.4 Å². The van der Waals surface area contributed by atoms with Crippen LogP contribution in [0.4, 0.5) is 5.82 Å². The van der Waals surface area contributed by atoms with Gasteiger partial charge in [0.2, 0.25) is 0 Å². The fraction of sp³-hybridized carbons (Fsp3) is 0.556. The smallest absolute Gasteiger partial charge is 0.134 e. The van der Waals surface area contributed by atoms with Crippen molar-refractivity contribution in [3.8, 4) is 0 Å². The highest BCUT2D eigenvalue weighted by Crippen LogP contribution is 2.32. The van der Waals surface area contributed by atoms with Gasteiger partial charge in [-0.3, -0.25) is 0 Å². The maximum Gasteiger partial charge on any atom is 0.134 e. The van der Waals surface area contributed by atoms with Crippen LogP contribution in [0.3, 0.4) is 0 Å². The molecule has 1 aromatic rings. The Kier molecular flexibility index (Phi) is 2.84. The van der Waals surface area contributed by atoms with Crippen LogP contribution < -0.4 is 5.32 Å². The molecule has 76 valence electrons. The predicted molar refractivity (Wildman–Crippen MR) is 54.3 cm³/mol. The molecule has 0 spiro atoms. The second-order valence-corrected chi connectivity index (χ2v) is 3.90. The van der Waals surface area contributed by atoms with Gasteiger partial charge in [-0.2, -0.15) is 0 Å². The van der Waals surface area contributed by atoms with Crippen LogP contribution in [0.5, 0.6) is 0 Å². The minimum absolute atomic E-state index is 0.274. The van der Waals surface area contributed by atoms with E-state index in [4.69, 9.17) is 11.6 Å². The fourth-order valence-corrected chi connectivity index (χ4v) is 1.43. The molecule has 4 nitrogen and oxygen atoms in total. The molecule has 0 aliphatic heterocycles. The summed E-state index contributed by atoms with van der Waals surface area (Å²) in [4.78, 5) is 7.74. The maximum atomic E-state index is 9.58. The highest BCUT2D eigenvalue weighted by molar-refractivity contribution is 6.29. The number of aliphatic hydroxyl groups excluding tert-OH is 1. The van der Waals surface area contributed by atoms with Crippen LogP contribution in [-0.4, -0.2) is 27.7 Å². The molecule has 1 unspecified atom stereocenters. The molecule has 0 saturated heterocycles. The number of nitrogens with one attached hydrogen (secondary N) is 1. The van der Waals surface area contributed by atoms with Crippen LogP contribution in [0.15, 0.2) is 12.4 Å². The molecule has 0 bridgehead atoms. The normalized spacial score (nSPS) is 17.9. The topological polar surface area (TPSA) is 58.0 Å². The number of hydrogen-bond donors (Lipinski definition) is 2. The summed E-state index contributed by atoms with van der Waals surface area (Å²) in [5.74, 6) is 1.13. The molecule has 0 radical (unpaired) electrons. The fourth-order valence-electron chi connectivity index (χ4n) is 1.29. The maximum absolute atomic E-state index is 9.58. The Morgan fingerprint density at radius 2 is 2.36 bits per heavy atom. The third-order valence-corrected chi connectivity index (χ3v) is 2.50. The minimum Gasteiger partial charge on any atom is -0.391 e. The van der Waals surface area contributed by atoms with Gasteiger partial charge in [0, 0.05) is 12.6 Å². The summed E-state index contributed by atoms with van der Waals surface area (Å²) in [7, 11) is 0. The zero-order chi connectivity index (χ0) is 9.97. The lowest BCUT2D eigenvalue weighted by atomic mass is 10.2. The zero-order valence-electron chi connectivity index (χ0n) is 7.65. The standard InChI is InChI=1S/C9H12ClN3O/c10-8-3-9(13-5-12-8)11-4-7(14)6-1-2-6/h3,5-7,14H,1-2,4H2,(H,11,12,13). The molecule has 2 N–H and O–H groups in total. The lowest BCUT2D eigenvalue weighted by molar-refractivity contribution is 0.164. The number of anilines is 1. The quantitative estimate of drug-likeness (QED) is 0.741. The van der Waals surface area contributed by atoms with E-state index < -0.39 is 0 Å². The van der Waals surface area contributed by atoms with E-state index in [9.17, 15) is 5.11 Å². The zero-order valence-corrected chi connectivity index (χ0v) is 8.41. The van der Waals surface area contributed by atoms with E-state index in [0.717, 1.165) is 12.8 Å². The first-order valence-corrected chi connectivity index (χ1v) is 5.03. The molecule has 2 rings (SSSR count). The monoisotopic (exact) mass is 213 g/mol. The highest BCUT2D eigenvalue weighted by Gasteiger charge is 2.29. The number of aromatic nitrogens is 2. The third-order valence-electron chi connectivity index (χ3n) is 2.29. The number of halogens is 1. The molecule has 0 aromatic carbocycles. The van der Waals surface area contributed by atoms with Gasteiger partial charge in [-0.1, -0.05) is 11.6 Å². The number of aliphatic hydroxyl groups is 1. The second kappa shape index (κ2) is 4.11. The van der Waals surface area contributed by atoms with Gasteiger partial charge >= 0.3 is 0 Å². The number of rotatable bonds is 4. The minimum atomic E-state index is -0.274. The molecule has 1 saturated carbocycles. The summed E-state index contributed by atoms with van der Waals surface area (Å²) >= 11 is 5.68. The first kappa shape index (κ1) is 9.68. The number of nitrogens with zero attached hydrogens (tertiary/aromatic N) is 2. The third kappa shape index (κ3) is 2.56. The lowest BCUT2D eigenvalue weighted by Gasteiger charge is -2.10. The van der Waals surface area contributed by atoms with E-state index in [0.29, 0.717) is 23.4 Å². The largest absolute Gasteiger partial charge is 0.391 e. The number of hydrogen-bond acceptors (Lipinski definition) is 4. The average molecular weight is 214 g/mol. The van der Waals surface area contributed by atoms with Gasteiger partial charge in [-0.05, 0) is 18.8 Å². The van der Waals surface area contributed by atoms with E-state index >= 15 is 0 Å². The summed E-state index contributed by atoms with van der Waals surface area (Å²) in [6.45, 7) is 0.526. The van der Waals surface area contributed by atoms with Gasteiger partial charge < -0.3 is 10.4 Å². The van der Waals surface area contributed by atoms with Gasteiger partial charge in [0.05, 0.1) is 6.10 Å². The Hall–Kier alpha value is -0.870. The second-order valence-electron chi connectivity index (χ2n) is 3.51. The van der Waals surface area contributed by atoms with Crippen LogP contribution >= 0.6 is 11.6 Å². The van der Waals surface area contributed by atoms with E-state index in [2.05, 4.69) is 15.3 Å². The Bertz CT molecular complexity index is 317. The van der Waals surface area contributed by atoms with E-state index in [-0.39, 0.29) is 6.10 Å². The van der Waals surface area contributed by atoms with Crippen LogP contribution in [0.25, 0.3) is 0 Å².